The molecule has 2 aliphatic heterocycles. The van der Waals surface area contributed by atoms with E-state index in [4.69, 9.17) is 0 Å². The Hall–Kier alpha value is -1.00. The number of nitrogens with zero attached hydrogens (tertiary/aromatic N) is 1. The molecule has 0 radical (unpaired) electrons. The number of nitrogens with one attached hydrogen (secondary N) is 1. The molecule has 0 bridgehead atoms. The molecule has 3 heterocycles. The first-order valence-corrected chi connectivity index (χ1v) is 9.40. The highest BCUT2D eigenvalue weighted by molar-refractivity contribution is 7.91. The maximum Gasteiger partial charge on any atom is 0.338 e. The quantitative estimate of drug-likeness (QED) is 0.714. The lowest BCUT2D eigenvalue weighted by molar-refractivity contribution is 0.0692. The Kier molecular flexibility index (Phi) is 4.25. The molecular formula is C13H18N2O5S2. The number of hydrogen-bond donors (Lipinski definition) is 3. The molecule has 0 aromatic carbocycles. The Morgan fingerprint density at radius 2 is 2.23 bits per heavy atom. The van der Waals surface area contributed by atoms with Crippen LogP contribution >= 0.6 is 11.3 Å². The summed E-state index contributed by atoms with van der Waals surface area (Å²) in [6.45, 7) is 1.68. The van der Waals surface area contributed by atoms with E-state index < -0.39 is 16.0 Å². The molecule has 1 saturated heterocycles. The van der Waals surface area contributed by atoms with Crippen LogP contribution in [0.25, 0.3) is 0 Å². The number of hydrogen-bond acceptors (Lipinski definition) is 6. The Morgan fingerprint density at radius 3 is 2.86 bits per heavy atom. The standard InChI is InChI=1S/C13H18N2O5S2/c16-7-8-2-4-15(6-8)22(19,20)13-11(12(17)18)9-1-3-14-5-10(9)21-13/h8,14,16H,1-7H2,(H,17,18). The molecule has 3 rings (SSSR count). The van der Waals surface area contributed by atoms with Crippen LogP contribution in [0.4, 0.5) is 0 Å². The minimum atomic E-state index is -3.82. The van der Waals surface area contributed by atoms with Crippen LogP contribution < -0.4 is 5.32 Å². The van der Waals surface area contributed by atoms with Crippen molar-refractivity contribution >= 4 is 27.3 Å². The van der Waals surface area contributed by atoms with Gasteiger partial charge < -0.3 is 15.5 Å². The van der Waals surface area contributed by atoms with Crippen molar-refractivity contribution in [2.75, 3.05) is 26.2 Å². The normalized spacial score (nSPS) is 22.7. The Morgan fingerprint density at radius 1 is 1.45 bits per heavy atom. The number of rotatable bonds is 4. The fourth-order valence-electron chi connectivity index (χ4n) is 2.99. The molecule has 9 heteroatoms. The van der Waals surface area contributed by atoms with Crippen molar-refractivity contribution in [3.05, 3.63) is 16.0 Å². The Bertz CT molecular complexity index is 698. The first-order chi connectivity index (χ1) is 10.4. The predicted octanol–water partition coefficient (Wildman–Crippen LogP) is 0.0949. The first kappa shape index (κ1) is 15.9. The smallest absolute Gasteiger partial charge is 0.338 e. The zero-order valence-corrected chi connectivity index (χ0v) is 13.5. The fourth-order valence-corrected chi connectivity index (χ4v) is 6.52. The van der Waals surface area contributed by atoms with Crippen LogP contribution in [-0.2, 0) is 23.0 Å². The van der Waals surface area contributed by atoms with Crippen molar-refractivity contribution < 1.29 is 23.4 Å². The number of carbonyl (C=O) groups is 1. The van der Waals surface area contributed by atoms with Crippen LogP contribution in [0.3, 0.4) is 0 Å². The van der Waals surface area contributed by atoms with E-state index in [2.05, 4.69) is 5.32 Å². The Labute approximate surface area is 132 Å². The molecule has 0 spiro atoms. The molecule has 0 saturated carbocycles. The third-order valence-corrected chi connectivity index (χ3v) is 7.78. The minimum Gasteiger partial charge on any atom is -0.478 e. The summed E-state index contributed by atoms with van der Waals surface area (Å²) in [5, 5.41) is 21.8. The van der Waals surface area contributed by atoms with Gasteiger partial charge in [-0.15, -0.1) is 11.3 Å². The second kappa shape index (κ2) is 5.89. The number of thiophene rings is 1. The molecule has 0 aliphatic carbocycles. The Balaban J connectivity index is 2.04. The van der Waals surface area contributed by atoms with E-state index in [1.54, 1.807) is 0 Å². The number of aliphatic hydroxyl groups excluding tert-OH is 1. The summed E-state index contributed by atoms with van der Waals surface area (Å²) in [7, 11) is -3.82. The van der Waals surface area contributed by atoms with Crippen LogP contribution in [0.2, 0.25) is 0 Å². The van der Waals surface area contributed by atoms with Gasteiger partial charge in [0.25, 0.3) is 10.0 Å². The highest BCUT2D eigenvalue weighted by atomic mass is 32.2. The van der Waals surface area contributed by atoms with Gasteiger partial charge in [0.1, 0.15) is 4.21 Å². The maximum atomic E-state index is 12.8. The lowest BCUT2D eigenvalue weighted by atomic mass is 10.1. The van der Waals surface area contributed by atoms with Gasteiger partial charge in [0.2, 0.25) is 0 Å². The molecule has 1 fully saturated rings. The van der Waals surface area contributed by atoms with E-state index in [1.807, 2.05) is 0 Å². The third kappa shape index (κ3) is 2.56. The van der Waals surface area contributed by atoms with Crippen molar-refractivity contribution in [3.63, 3.8) is 0 Å². The molecule has 122 valence electrons. The molecular weight excluding hydrogens is 328 g/mol. The molecule has 2 aliphatic rings. The van der Waals surface area contributed by atoms with Crippen LogP contribution in [0, 0.1) is 5.92 Å². The van der Waals surface area contributed by atoms with Gasteiger partial charge in [0.05, 0.1) is 5.56 Å². The van der Waals surface area contributed by atoms with Crippen molar-refractivity contribution in [2.45, 2.75) is 23.6 Å². The number of carboxylic acid groups (broad SMARTS) is 1. The summed E-state index contributed by atoms with van der Waals surface area (Å²) in [6.07, 6.45) is 1.13. The van der Waals surface area contributed by atoms with Crippen molar-refractivity contribution in [2.24, 2.45) is 5.92 Å². The molecule has 1 aromatic rings. The number of carboxylic acids is 1. The molecule has 1 aromatic heterocycles. The average molecular weight is 346 g/mol. The summed E-state index contributed by atoms with van der Waals surface area (Å²) < 4.78 is 26.9. The van der Waals surface area contributed by atoms with E-state index in [1.165, 1.54) is 4.31 Å². The summed E-state index contributed by atoms with van der Waals surface area (Å²) in [5.41, 5.74) is 0.585. The van der Waals surface area contributed by atoms with Gasteiger partial charge in [-0.3, -0.25) is 0 Å². The minimum absolute atomic E-state index is 0.0529. The summed E-state index contributed by atoms with van der Waals surface area (Å²) in [6, 6.07) is 0. The summed E-state index contributed by atoms with van der Waals surface area (Å²) >= 11 is 1.06. The van der Waals surface area contributed by atoms with Gasteiger partial charge in [-0.25, -0.2) is 13.2 Å². The van der Waals surface area contributed by atoms with Crippen molar-refractivity contribution in [3.8, 4) is 0 Å². The van der Waals surface area contributed by atoms with Gasteiger partial charge in [-0.05, 0) is 30.9 Å². The number of sulfonamides is 1. The first-order valence-electron chi connectivity index (χ1n) is 7.14. The second-order valence-electron chi connectivity index (χ2n) is 5.60. The van der Waals surface area contributed by atoms with E-state index in [0.717, 1.165) is 16.2 Å². The maximum absolute atomic E-state index is 12.8. The van der Waals surface area contributed by atoms with E-state index in [-0.39, 0.29) is 28.8 Å². The van der Waals surface area contributed by atoms with Crippen LogP contribution in [0.5, 0.6) is 0 Å². The van der Waals surface area contributed by atoms with Crippen LogP contribution in [-0.4, -0.2) is 55.1 Å². The SMILES string of the molecule is O=C(O)c1c(S(=O)(=O)N2CCC(CO)C2)sc2c1CCNC2. The topological polar surface area (TPSA) is 107 Å². The highest BCUT2D eigenvalue weighted by Gasteiger charge is 2.38. The van der Waals surface area contributed by atoms with Gasteiger partial charge in [-0.2, -0.15) is 4.31 Å². The summed E-state index contributed by atoms with van der Waals surface area (Å²) in [4.78, 5) is 12.4. The molecule has 3 N–H and O–H groups in total. The van der Waals surface area contributed by atoms with Gasteiger partial charge in [0.15, 0.2) is 0 Å². The number of fused-ring (bicyclic) bond motifs is 1. The van der Waals surface area contributed by atoms with Crippen molar-refractivity contribution in [1.82, 2.24) is 9.62 Å². The van der Waals surface area contributed by atoms with E-state index in [0.29, 0.717) is 38.0 Å². The number of aliphatic hydroxyl groups is 1. The van der Waals surface area contributed by atoms with Gasteiger partial charge in [0, 0.05) is 31.1 Å². The van der Waals surface area contributed by atoms with E-state index >= 15 is 0 Å². The molecule has 7 nitrogen and oxygen atoms in total. The van der Waals surface area contributed by atoms with Crippen LogP contribution in [0.1, 0.15) is 27.2 Å². The van der Waals surface area contributed by atoms with Crippen LogP contribution in [0.15, 0.2) is 4.21 Å². The lowest BCUT2D eigenvalue weighted by Gasteiger charge is -2.16. The predicted molar refractivity (Wildman–Crippen MR) is 80.6 cm³/mol. The molecule has 22 heavy (non-hydrogen) atoms. The van der Waals surface area contributed by atoms with Crippen molar-refractivity contribution in [1.29, 1.82) is 0 Å². The monoisotopic (exact) mass is 346 g/mol. The second-order valence-corrected chi connectivity index (χ2v) is 8.84. The third-order valence-electron chi connectivity index (χ3n) is 4.19. The van der Waals surface area contributed by atoms with Gasteiger partial charge >= 0.3 is 5.97 Å². The summed E-state index contributed by atoms with van der Waals surface area (Å²) in [5.74, 6) is -1.25. The largest absolute Gasteiger partial charge is 0.478 e. The number of aromatic carboxylic acids is 1. The zero-order valence-electron chi connectivity index (χ0n) is 11.9. The molecule has 1 atom stereocenters. The molecule has 0 amide bonds. The molecule has 1 unspecified atom stereocenters. The lowest BCUT2D eigenvalue weighted by Crippen LogP contribution is -2.30. The van der Waals surface area contributed by atoms with Gasteiger partial charge in [-0.1, -0.05) is 0 Å². The fraction of sp³-hybridized carbons (Fsp3) is 0.615. The zero-order chi connectivity index (χ0) is 15.9. The highest BCUT2D eigenvalue weighted by Crippen LogP contribution is 2.37. The van der Waals surface area contributed by atoms with E-state index in [9.17, 15) is 23.4 Å². The average Bonchev–Trinajstić information content (AvgIpc) is 3.12.